The Morgan fingerprint density at radius 1 is 1.42 bits per heavy atom. The van der Waals surface area contributed by atoms with Crippen molar-refractivity contribution < 1.29 is 13.2 Å². The van der Waals surface area contributed by atoms with E-state index in [1.807, 2.05) is 6.92 Å². The topological polar surface area (TPSA) is 46.9 Å². The second-order valence-electron chi connectivity index (χ2n) is 4.08. The lowest BCUT2D eigenvalue weighted by molar-refractivity contribution is -0.143. The maximum Gasteiger partial charge on any atom is 0.408 e. The number of hydrogen-bond acceptors (Lipinski definition) is 3. The zero-order valence-corrected chi connectivity index (χ0v) is 11.2. The van der Waals surface area contributed by atoms with Crippen molar-refractivity contribution in [1.82, 2.24) is 9.78 Å². The van der Waals surface area contributed by atoms with E-state index in [2.05, 4.69) is 10.4 Å². The highest BCUT2D eigenvalue weighted by Crippen LogP contribution is 2.19. The molecule has 0 atom stereocenters. The van der Waals surface area contributed by atoms with Crippen LogP contribution in [0, 0.1) is 0 Å². The molecule has 108 valence electrons. The van der Waals surface area contributed by atoms with Crippen LogP contribution in [0.25, 0.3) is 0 Å². The molecular formula is C11H15ClF3N3O. The van der Waals surface area contributed by atoms with Crippen LogP contribution in [0.3, 0.4) is 0 Å². The summed E-state index contributed by atoms with van der Waals surface area (Å²) in [4.78, 5) is 11.6. The quantitative estimate of drug-likeness (QED) is 0.821. The molecule has 0 aliphatic carbocycles. The molecule has 0 fully saturated rings. The number of nitrogens with zero attached hydrogens (tertiary/aromatic N) is 2. The minimum absolute atomic E-state index is 0.265. The molecule has 0 aliphatic heterocycles. The van der Waals surface area contributed by atoms with Gasteiger partial charge in [-0.05, 0) is 6.42 Å². The average molecular weight is 298 g/mol. The maximum absolute atomic E-state index is 12.2. The first kappa shape index (κ1) is 15.8. The van der Waals surface area contributed by atoms with E-state index in [0.717, 1.165) is 25.5 Å². The van der Waals surface area contributed by atoms with E-state index in [0.29, 0.717) is 11.2 Å². The molecule has 19 heavy (non-hydrogen) atoms. The van der Waals surface area contributed by atoms with Crippen LogP contribution in [0.1, 0.15) is 26.2 Å². The van der Waals surface area contributed by atoms with Crippen molar-refractivity contribution in [2.45, 2.75) is 38.9 Å². The molecule has 8 heteroatoms. The summed E-state index contributed by atoms with van der Waals surface area (Å²) in [5.41, 5.74) is -0.680. The number of unbranched alkanes of at least 4 members (excludes halogenated alkanes) is 2. The fourth-order valence-corrected chi connectivity index (χ4v) is 1.68. The molecule has 1 aromatic rings. The first-order valence-electron chi connectivity index (χ1n) is 5.91. The Balaban J connectivity index is 2.77. The van der Waals surface area contributed by atoms with E-state index in [4.69, 9.17) is 11.6 Å². The van der Waals surface area contributed by atoms with Crippen molar-refractivity contribution >= 4 is 17.3 Å². The molecule has 0 bridgehead atoms. The third-order valence-corrected chi connectivity index (χ3v) is 2.77. The summed E-state index contributed by atoms with van der Waals surface area (Å²) in [5.74, 6) is 0. The van der Waals surface area contributed by atoms with Crippen molar-refractivity contribution in [3.8, 4) is 0 Å². The van der Waals surface area contributed by atoms with Gasteiger partial charge in [-0.25, -0.2) is 4.68 Å². The number of alkyl halides is 3. The highest BCUT2D eigenvalue weighted by Gasteiger charge is 2.29. The van der Waals surface area contributed by atoms with Gasteiger partial charge in [0.15, 0.2) is 0 Å². The molecule has 1 rings (SSSR count). The zero-order valence-electron chi connectivity index (χ0n) is 10.4. The van der Waals surface area contributed by atoms with Crippen LogP contribution in [0.4, 0.5) is 18.9 Å². The Bertz CT molecular complexity index is 473. The van der Waals surface area contributed by atoms with E-state index in [-0.39, 0.29) is 10.7 Å². The van der Waals surface area contributed by atoms with Gasteiger partial charge in [-0.15, -0.1) is 0 Å². The largest absolute Gasteiger partial charge is 0.408 e. The van der Waals surface area contributed by atoms with Crippen LogP contribution >= 0.6 is 11.6 Å². The molecule has 0 spiro atoms. The van der Waals surface area contributed by atoms with Crippen LogP contribution < -0.4 is 10.9 Å². The molecule has 0 saturated carbocycles. The molecule has 1 aromatic heterocycles. The second kappa shape index (κ2) is 6.79. The van der Waals surface area contributed by atoms with Gasteiger partial charge in [-0.3, -0.25) is 4.79 Å². The van der Waals surface area contributed by atoms with Crippen LogP contribution in [-0.4, -0.2) is 22.5 Å². The van der Waals surface area contributed by atoms with Crippen molar-refractivity contribution in [1.29, 1.82) is 0 Å². The molecule has 0 saturated heterocycles. The van der Waals surface area contributed by atoms with Crippen LogP contribution in [0.5, 0.6) is 0 Å². The Hall–Kier alpha value is -1.24. The highest BCUT2D eigenvalue weighted by molar-refractivity contribution is 6.32. The Morgan fingerprint density at radius 2 is 2.11 bits per heavy atom. The number of anilines is 1. The number of aromatic nitrogens is 2. The summed E-state index contributed by atoms with van der Waals surface area (Å²) in [6.45, 7) is 1.20. The van der Waals surface area contributed by atoms with Gasteiger partial charge in [-0.2, -0.15) is 18.3 Å². The predicted molar refractivity (Wildman–Crippen MR) is 67.6 cm³/mol. The minimum atomic E-state index is -4.50. The zero-order chi connectivity index (χ0) is 14.5. The van der Waals surface area contributed by atoms with Gasteiger partial charge in [0, 0.05) is 6.54 Å². The Labute approximate surface area is 113 Å². The van der Waals surface area contributed by atoms with E-state index in [1.165, 1.54) is 0 Å². The van der Waals surface area contributed by atoms with Gasteiger partial charge < -0.3 is 5.32 Å². The van der Waals surface area contributed by atoms with Crippen LogP contribution in [-0.2, 0) is 6.54 Å². The summed E-state index contributed by atoms with van der Waals surface area (Å²) < 4.78 is 36.9. The summed E-state index contributed by atoms with van der Waals surface area (Å²) in [6.07, 6.45) is -0.417. The Morgan fingerprint density at radius 3 is 2.68 bits per heavy atom. The molecule has 0 aliphatic rings. The summed E-state index contributed by atoms with van der Waals surface area (Å²) in [5, 5.41) is 6.08. The summed E-state index contributed by atoms with van der Waals surface area (Å²) in [7, 11) is 0. The van der Waals surface area contributed by atoms with Crippen molar-refractivity contribution in [3.63, 3.8) is 0 Å². The van der Waals surface area contributed by atoms with Crippen LogP contribution in [0.2, 0.25) is 5.02 Å². The van der Waals surface area contributed by atoms with Gasteiger partial charge in [-0.1, -0.05) is 31.4 Å². The monoisotopic (exact) mass is 297 g/mol. The fourth-order valence-electron chi connectivity index (χ4n) is 1.47. The lowest BCUT2D eigenvalue weighted by atomic mass is 10.2. The number of nitrogens with one attached hydrogen (secondary N) is 1. The smallest absolute Gasteiger partial charge is 0.382 e. The third kappa shape index (κ3) is 5.10. The fraction of sp³-hybridized carbons (Fsp3) is 0.636. The highest BCUT2D eigenvalue weighted by atomic mass is 35.5. The SMILES string of the molecule is CCCCCNc1cnn(CC(F)(F)F)c(=O)c1Cl. The first-order chi connectivity index (χ1) is 8.85. The molecule has 0 aromatic carbocycles. The Kier molecular flexibility index (Phi) is 5.65. The van der Waals surface area contributed by atoms with Gasteiger partial charge in [0.2, 0.25) is 0 Å². The number of halogens is 4. The van der Waals surface area contributed by atoms with Gasteiger partial charge >= 0.3 is 6.18 Å². The molecular weight excluding hydrogens is 283 g/mol. The maximum atomic E-state index is 12.2. The van der Waals surface area contributed by atoms with E-state index in [9.17, 15) is 18.0 Å². The lowest BCUT2D eigenvalue weighted by Crippen LogP contribution is -2.30. The lowest BCUT2D eigenvalue weighted by Gasteiger charge is -2.11. The molecule has 1 N–H and O–H groups in total. The van der Waals surface area contributed by atoms with Crippen LogP contribution in [0.15, 0.2) is 11.0 Å². The van der Waals surface area contributed by atoms with E-state index >= 15 is 0 Å². The van der Waals surface area contributed by atoms with Crippen molar-refractivity contribution in [2.75, 3.05) is 11.9 Å². The predicted octanol–water partition coefficient (Wildman–Crippen LogP) is 3.06. The van der Waals surface area contributed by atoms with Crippen molar-refractivity contribution in [2.24, 2.45) is 0 Å². The molecule has 0 amide bonds. The first-order valence-corrected chi connectivity index (χ1v) is 6.29. The number of rotatable bonds is 6. The van der Waals surface area contributed by atoms with E-state index in [1.54, 1.807) is 0 Å². The standard InChI is InChI=1S/C11H15ClF3N3O/c1-2-3-4-5-16-8-6-17-18(7-11(13,14)15)10(19)9(8)12/h6,16H,2-5,7H2,1H3. The summed E-state index contributed by atoms with van der Waals surface area (Å²) in [6, 6.07) is 0. The minimum Gasteiger partial charge on any atom is -0.382 e. The van der Waals surface area contributed by atoms with Gasteiger partial charge in [0.05, 0.1) is 11.9 Å². The molecule has 0 radical (unpaired) electrons. The third-order valence-electron chi connectivity index (χ3n) is 2.41. The number of hydrogen-bond donors (Lipinski definition) is 1. The van der Waals surface area contributed by atoms with Crippen molar-refractivity contribution in [3.05, 3.63) is 21.6 Å². The molecule has 1 heterocycles. The van der Waals surface area contributed by atoms with Gasteiger partial charge in [0.25, 0.3) is 5.56 Å². The molecule has 4 nitrogen and oxygen atoms in total. The van der Waals surface area contributed by atoms with E-state index < -0.39 is 18.3 Å². The summed E-state index contributed by atoms with van der Waals surface area (Å²) >= 11 is 5.74. The average Bonchev–Trinajstić information content (AvgIpc) is 2.31. The normalized spacial score (nSPS) is 11.6. The van der Waals surface area contributed by atoms with Gasteiger partial charge in [0.1, 0.15) is 11.6 Å². The second-order valence-corrected chi connectivity index (χ2v) is 4.46. The molecule has 0 unspecified atom stereocenters.